The summed E-state index contributed by atoms with van der Waals surface area (Å²) in [5.41, 5.74) is 5.91. The van der Waals surface area contributed by atoms with Crippen molar-refractivity contribution in [1.82, 2.24) is 19.6 Å². The van der Waals surface area contributed by atoms with Gasteiger partial charge in [-0.2, -0.15) is 0 Å². The van der Waals surface area contributed by atoms with Crippen LogP contribution in [-0.2, 0) is 20.0 Å². The molecular formula is C31H26ClN5O4. The number of hydrogen-bond donors (Lipinski definition) is 1. The number of ketones is 1. The van der Waals surface area contributed by atoms with E-state index in [4.69, 9.17) is 16.1 Å². The van der Waals surface area contributed by atoms with Crippen LogP contribution in [0.25, 0.3) is 22.1 Å². The number of likely N-dealkylation sites (N-methyl/N-ethyl adjacent to an activating group) is 1. The number of carbonyl (C=O) groups is 3. The van der Waals surface area contributed by atoms with Gasteiger partial charge in [-0.05, 0) is 43.3 Å². The lowest BCUT2D eigenvalue weighted by molar-refractivity contribution is 0.101. The van der Waals surface area contributed by atoms with Crippen LogP contribution in [0, 0.1) is 6.92 Å². The summed E-state index contributed by atoms with van der Waals surface area (Å²) in [5.74, 6) is -0.331. The Balaban J connectivity index is 1.32. The third-order valence-electron chi connectivity index (χ3n) is 7.61. The summed E-state index contributed by atoms with van der Waals surface area (Å²) in [6.07, 6.45) is 1.54. The van der Waals surface area contributed by atoms with Crippen LogP contribution in [0.3, 0.4) is 0 Å². The molecule has 0 radical (unpaired) electrons. The number of aldehydes is 1. The Morgan fingerprint density at radius 2 is 1.85 bits per heavy atom. The average molecular weight is 568 g/mol. The lowest BCUT2D eigenvalue weighted by Crippen LogP contribution is -2.27. The van der Waals surface area contributed by atoms with Crippen LogP contribution in [0.15, 0.2) is 59.1 Å². The van der Waals surface area contributed by atoms with E-state index in [0.717, 1.165) is 29.9 Å². The van der Waals surface area contributed by atoms with Crippen molar-refractivity contribution in [3.63, 3.8) is 0 Å². The highest BCUT2D eigenvalue weighted by Crippen LogP contribution is 2.37. The number of nitrogens with zero attached hydrogens (tertiary/aromatic N) is 4. The number of fused-ring (bicyclic) bond motifs is 2. The molecule has 0 saturated carbocycles. The van der Waals surface area contributed by atoms with E-state index in [-0.39, 0.29) is 17.4 Å². The van der Waals surface area contributed by atoms with E-state index >= 15 is 0 Å². The number of imidazole rings is 1. The van der Waals surface area contributed by atoms with Gasteiger partial charge < -0.3 is 19.3 Å². The zero-order valence-electron chi connectivity index (χ0n) is 22.7. The van der Waals surface area contributed by atoms with Crippen LogP contribution in [0.5, 0.6) is 0 Å². The van der Waals surface area contributed by atoms with Crippen molar-refractivity contribution in [3.05, 3.63) is 99.2 Å². The molecule has 6 rings (SSSR count). The number of halogens is 1. The maximum atomic E-state index is 13.6. The predicted octanol–water partition coefficient (Wildman–Crippen LogP) is 5.47. The van der Waals surface area contributed by atoms with Crippen LogP contribution in [-0.4, -0.2) is 51.2 Å². The zero-order chi connectivity index (χ0) is 28.8. The molecule has 0 saturated heterocycles. The van der Waals surface area contributed by atoms with Crippen molar-refractivity contribution in [1.29, 1.82) is 0 Å². The summed E-state index contributed by atoms with van der Waals surface area (Å²) >= 11 is 6.86. The molecule has 0 spiro atoms. The van der Waals surface area contributed by atoms with Crippen molar-refractivity contribution in [3.8, 4) is 11.1 Å². The van der Waals surface area contributed by atoms with E-state index in [1.807, 2.05) is 37.7 Å². The van der Waals surface area contributed by atoms with Gasteiger partial charge in [0.2, 0.25) is 5.78 Å². The number of rotatable bonds is 6. The van der Waals surface area contributed by atoms with Crippen LogP contribution in [0.2, 0.25) is 5.02 Å². The molecule has 206 valence electrons. The molecule has 0 fully saturated rings. The highest BCUT2D eigenvalue weighted by Gasteiger charge is 2.25. The fraction of sp³-hybridized carbons (Fsp3) is 0.194. The molecular weight excluding hydrogens is 542 g/mol. The van der Waals surface area contributed by atoms with Gasteiger partial charge in [0.15, 0.2) is 17.1 Å². The second kappa shape index (κ2) is 10.4. The van der Waals surface area contributed by atoms with E-state index in [1.165, 1.54) is 0 Å². The van der Waals surface area contributed by atoms with Crippen LogP contribution < -0.4 is 5.32 Å². The Morgan fingerprint density at radius 1 is 1.07 bits per heavy atom. The average Bonchev–Trinajstić information content (AvgIpc) is 3.54. The van der Waals surface area contributed by atoms with Crippen molar-refractivity contribution in [2.45, 2.75) is 19.9 Å². The maximum absolute atomic E-state index is 13.6. The van der Waals surface area contributed by atoms with Gasteiger partial charge in [-0.1, -0.05) is 53.2 Å². The largest absolute Gasteiger partial charge is 0.356 e. The minimum Gasteiger partial charge on any atom is -0.356 e. The van der Waals surface area contributed by atoms with Gasteiger partial charge >= 0.3 is 0 Å². The number of carbonyl (C=O) groups excluding carboxylic acids is 3. The first-order chi connectivity index (χ1) is 19.8. The van der Waals surface area contributed by atoms with Crippen LogP contribution >= 0.6 is 11.6 Å². The fourth-order valence-electron chi connectivity index (χ4n) is 5.37. The van der Waals surface area contributed by atoms with Gasteiger partial charge in [0.05, 0.1) is 21.8 Å². The molecule has 10 heteroatoms. The minimum absolute atomic E-state index is 0.161. The highest BCUT2D eigenvalue weighted by atomic mass is 35.5. The molecule has 0 aliphatic carbocycles. The fourth-order valence-corrected chi connectivity index (χ4v) is 5.64. The SMILES string of the molecule is Cc1c(C(=O)c2noc3cc(C=O)ccc23)cccc1-c1cccc(NC(=O)c2nc3c(n2C)CCN(C)C3)c1Cl. The number of anilines is 1. The molecule has 2 aromatic heterocycles. The predicted molar refractivity (Wildman–Crippen MR) is 156 cm³/mol. The normalized spacial score (nSPS) is 13.3. The number of aromatic nitrogens is 3. The third kappa shape index (κ3) is 4.63. The van der Waals surface area contributed by atoms with Crippen LogP contribution in [0.4, 0.5) is 5.69 Å². The quantitative estimate of drug-likeness (QED) is 0.214. The third-order valence-corrected chi connectivity index (χ3v) is 8.02. The first-order valence-corrected chi connectivity index (χ1v) is 13.5. The minimum atomic E-state index is -0.347. The van der Waals surface area contributed by atoms with Crippen molar-refractivity contribution in [2.24, 2.45) is 7.05 Å². The van der Waals surface area contributed by atoms with Crippen molar-refractivity contribution < 1.29 is 18.9 Å². The van der Waals surface area contributed by atoms with E-state index in [2.05, 4.69) is 20.4 Å². The summed E-state index contributed by atoms with van der Waals surface area (Å²) in [4.78, 5) is 44.7. The molecule has 0 bridgehead atoms. The molecule has 3 aromatic carbocycles. The van der Waals surface area contributed by atoms with Gasteiger partial charge in [0, 0.05) is 48.9 Å². The molecule has 3 heterocycles. The van der Waals surface area contributed by atoms with Gasteiger partial charge in [-0.15, -0.1) is 0 Å². The molecule has 1 aliphatic rings. The first kappa shape index (κ1) is 26.6. The van der Waals surface area contributed by atoms with E-state index in [1.54, 1.807) is 42.5 Å². The van der Waals surface area contributed by atoms with Gasteiger partial charge in [-0.25, -0.2) is 4.98 Å². The molecule has 0 unspecified atom stereocenters. The standard InChI is InChI=1S/C31H26ClN5O4/c1-17-19(6-4-7-20(17)29(39)28-22-11-10-18(16-38)14-26(22)41-35-28)21-8-5-9-23(27(21)32)34-31(40)30-33-24-15-36(2)13-12-25(24)37(30)3/h4-11,14,16H,12-13,15H2,1-3H3,(H,34,40). The van der Waals surface area contributed by atoms with Gasteiger partial charge in [0.25, 0.3) is 5.91 Å². The lowest BCUT2D eigenvalue weighted by atomic mass is 9.92. The van der Waals surface area contributed by atoms with E-state index in [9.17, 15) is 14.4 Å². The second-order valence-electron chi connectivity index (χ2n) is 10.2. The Morgan fingerprint density at radius 3 is 2.66 bits per heavy atom. The Hall–Kier alpha value is -4.60. The summed E-state index contributed by atoms with van der Waals surface area (Å²) in [6, 6.07) is 15.6. The summed E-state index contributed by atoms with van der Waals surface area (Å²) < 4.78 is 7.19. The Kier molecular flexibility index (Phi) is 6.76. The second-order valence-corrected chi connectivity index (χ2v) is 10.6. The first-order valence-electron chi connectivity index (χ1n) is 13.1. The number of amides is 1. The number of benzene rings is 3. The summed E-state index contributed by atoms with van der Waals surface area (Å²) in [7, 11) is 3.89. The lowest BCUT2D eigenvalue weighted by Gasteiger charge is -2.21. The van der Waals surface area contributed by atoms with Crippen molar-refractivity contribution in [2.75, 3.05) is 18.9 Å². The van der Waals surface area contributed by atoms with Crippen molar-refractivity contribution >= 4 is 46.2 Å². The Bertz CT molecular complexity index is 1870. The number of nitrogens with one attached hydrogen (secondary N) is 1. The summed E-state index contributed by atoms with van der Waals surface area (Å²) in [6.45, 7) is 3.45. The molecule has 1 amide bonds. The van der Waals surface area contributed by atoms with E-state index in [0.29, 0.717) is 62.6 Å². The molecule has 41 heavy (non-hydrogen) atoms. The monoisotopic (exact) mass is 567 g/mol. The molecule has 9 nitrogen and oxygen atoms in total. The molecule has 1 N–H and O–H groups in total. The summed E-state index contributed by atoms with van der Waals surface area (Å²) in [5, 5.41) is 7.79. The zero-order valence-corrected chi connectivity index (χ0v) is 23.5. The topological polar surface area (TPSA) is 110 Å². The Labute approximate surface area is 240 Å². The van der Waals surface area contributed by atoms with Crippen LogP contribution in [0.1, 0.15) is 54.0 Å². The molecule has 5 aromatic rings. The van der Waals surface area contributed by atoms with Gasteiger partial charge in [-0.3, -0.25) is 14.4 Å². The number of hydrogen-bond acceptors (Lipinski definition) is 7. The smallest absolute Gasteiger partial charge is 0.291 e. The highest BCUT2D eigenvalue weighted by molar-refractivity contribution is 6.36. The molecule has 1 aliphatic heterocycles. The van der Waals surface area contributed by atoms with E-state index < -0.39 is 0 Å². The maximum Gasteiger partial charge on any atom is 0.291 e. The molecule has 0 atom stereocenters. The van der Waals surface area contributed by atoms with Gasteiger partial charge in [0.1, 0.15) is 6.29 Å².